The highest BCUT2D eigenvalue weighted by Gasteiger charge is 2.20. The summed E-state index contributed by atoms with van der Waals surface area (Å²) in [6.45, 7) is -0.639. The molecule has 0 unspecified atom stereocenters. The van der Waals surface area contributed by atoms with Crippen LogP contribution in [0.5, 0.6) is 0 Å². The molecule has 0 fully saturated rings. The Labute approximate surface area is 67.2 Å². The van der Waals surface area contributed by atoms with Gasteiger partial charge in [-0.05, 0) is 0 Å². The van der Waals surface area contributed by atoms with Crippen molar-refractivity contribution in [2.45, 2.75) is 6.04 Å². The number of rotatable bonds is 4. The highest BCUT2D eigenvalue weighted by atomic mass is 16.4. The van der Waals surface area contributed by atoms with Gasteiger partial charge < -0.3 is 21.3 Å². The Balaban J connectivity index is 3.88. The summed E-state index contributed by atoms with van der Waals surface area (Å²) in [7, 11) is 0. The Morgan fingerprint density at radius 1 is 1.33 bits per heavy atom. The quantitative estimate of drug-likeness (QED) is 0.353. The van der Waals surface area contributed by atoms with Gasteiger partial charge in [-0.15, -0.1) is 0 Å². The first-order chi connectivity index (χ1) is 5.45. The first-order valence-corrected chi connectivity index (χ1v) is 2.93. The van der Waals surface area contributed by atoms with Crippen LogP contribution in [-0.2, 0) is 14.4 Å². The molecule has 0 aromatic carbocycles. The first-order valence-electron chi connectivity index (χ1n) is 2.93. The van der Waals surface area contributed by atoms with Gasteiger partial charge in [-0.2, -0.15) is 0 Å². The standard InChI is InChI=1S/C5H8N2O5/c6-3(5(11)12)4(10)7-1-2(8)9/h3H,1,6H2,(H,7,10)(H,8,9)(H,11,12)/t3-/m1/s1. The number of hydrogen-bond donors (Lipinski definition) is 4. The van der Waals surface area contributed by atoms with E-state index in [1.807, 2.05) is 5.32 Å². The lowest BCUT2D eigenvalue weighted by Gasteiger charge is -2.04. The number of hydrogen-bond acceptors (Lipinski definition) is 4. The summed E-state index contributed by atoms with van der Waals surface area (Å²) in [4.78, 5) is 30.6. The predicted octanol–water partition coefficient (Wildman–Crippen LogP) is -2.40. The van der Waals surface area contributed by atoms with Gasteiger partial charge in [0, 0.05) is 0 Å². The van der Waals surface area contributed by atoms with Gasteiger partial charge in [0.2, 0.25) is 5.91 Å². The Morgan fingerprint density at radius 2 is 1.83 bits per heavy atom. The van der Waals surface area contributed by atoms with Crippen LogP contribution in [0.25, 0.3) is 0 Å². The van der Waals surface area contributed by atoms with Crippen molar-refractivity contribution >= 4 is 17.8 Å². The SMILES string of the molecule is N[C@@H](C(=O)O)C(=O)NCC(=O)O. The number of carbonyl (C=O) groups is 3. The second kappa shape index (κ2) is 4.29. The van der Waals surface area contributed by atoms with Gasteiger partial charge in [0.1, 0.15) is 6.54 Å². The van der Waals surface area contributed by atoms with Crippen LogP contribution in [0.4, 0.5) is 0 Å². The van der Waals surface area contributed by atoms with E-state index in [9.17, 15) is 14.4 Å². The van der Waals surface area contributed by atoms with Crippen molar-refractivity contribution < 1.29 is 24.6 Å². The molecule has 68 valence electrons. The monoisotopic (exact) mass is 176 g/mol. The zero-order valence-electron chi connectivity index (χ0n) is 5.98. The maximum Gasteiger partial charge on any atom is 0.330 e. The smallest absolute Gasteiger partial charge is 0.330 e. The minimum atomic E-state index is -1.72. The van der Waals surface area contributed by atoms with E-state index >= 15 is 0 Å². The molecule has 0 bridgehead atoms. The number of nitrogens with one attached hydrogen (secondary N) is 1. The number of amides is 1. The van der Waals surface area contributed by atoms with Crippen molar-refractivity contribution in [1.82, 2.24) is 5.32 Å². The molecule has 1 atom stereocenters. The molecule has 7 heteroatoms. The molecular formula is C5H8N2O5. The second-order valence-electron chi connectivity index (χ2n) is 1.93. The molecule has 7 nitrogen and oxygen atoms in total. The van der Waals surface area contributed by atoms with Gasteiger partial charge in [-0.3, -0.25) is 9.59 Å². The fraction of sp³-hybridized carbons (Fsp3) is 0.400. The van der Waals surface area contributed by atoms with Crippen molar-refractivity contribution in [3.8, 4) is 0 Å². The van der Waals surface area contributed by atoms with Crippen LogP contribution < -0.4 is 11.1 Å². The minimum absolute atomic E-state index is 0.639. The maximum atomic E-state index is 10.6. The average Bonchev–Trinajstić information content (AvgIpc) is 1.98. The zero-order chi connectivity index (χ0) is 9.72. The molecule has 12 heavy (non-hydrogen) atoms. The van der Waals surface area contributed by atoms with Crippen LogP contribution in [0.15, 0.2) is 0 Å². The molecule has 0 aliphatic heterocycles. The Bertz CT molecular complexity index is 214. The van der Waals surface area contributed by atoms with Gasteiger partial charge in [-0.25, -0.2) is 4.79 Å². The first kappa shape index (κ1) is 10.4. The van der Waals surface area contributed by atoms with Crippen LogP contribution in [0.1, 0.15) is 0 Å². The van der Waals surface area contributed by atoms with Crippen LogP contribution in [0, 0.1) is 0 Å². The summed E-state index contributed by atoms with van der Waals surface area (Å²) in [6.07, 6.45) is 0. The van der Waals surface area contributed by atoms with Crippen molar-refractivity contribution in [3.63, 3.8) is 0 Å². The number of aliphatic carboxylic acids is 2. The second-order valence-corrected chi connectivity index (χ2v) is 1.93. The molecule has 0 saturated heterocycles. The topological polar surface area (TPSA) is 130 Å². The number of nitrogens with two attached hydrogens (primary N) is 1. The van der Waals surface area contributed by atoms with Gasteiger partial charge in [0.05, 0.1) is 0 Å². The summed E-state index contributed by atoms with van der Waals surface area (Å²) in [5.41, 5.74) is 4.84. The Morgan fingerprint density at radius 3 is 2.17 bits per heavy atom. The third kappa shape index (κ3) is 3.52. The van der Waals surface area contributed by atoms with Crippen molar-refractivity contribution in [2.24, 2.45) is 5.73 Å². The number of carboxylic acids is 2. The van der Waals surface area contributed by atoms with Crippen molar-refractivity contribution in [1.29, 1.82) is 0 Å². The van der Waals surface area contributed by atoms with Crippen LogP contribution in [-0.4, -0.2) is 40.6 Å². The van der Waals surface area contributed by atoms with Gasteiger partial charge in [0.15, 0.2) is 6.04 Å². The molecule has 0 spiro atoms. The van der Waals surface area contributed by atoms with E-state index < -0.39 is 30.4 Å². The van der Waals surface area contributed by atoms with Crippen LogP contribution in [0.2, 0.25) is 0 Å². The lowest BCUT2D eigenvalue weighted by atomic mass is 10.3. The molecule has 0 aromatic heterocycles. The maximum absolute atomic E-state index is 10.6. The number of carbonyl (C=O) groups excluding carboxylic acids is 1. The molecule has 0 saturated carbocycles. The molecule has 0 aliphatic rings. The van der Waals surface area contributed by atoms with E-state index in [0.717, 1.165) is 0 Å². The van der Waals surface area contributed by atoms with Crippen LogP contribution >= 0.6 is 0 Å². The highest BCUT2D eigenvalue weighted by molar-refractivity contribution is 6.01. The normalized spacial score (nSPS) is 11.8. The molecule has 5 N–H and O–H groups in total. The molecule has 1 amide bonds. The summed E-state index contributed by atoms with van der Waals surface area (Å²) in [5.74, 6) is -3.79. The van der Waals surface area contributed by atoms with E-state index in [1.54, 1.807) is 0 Å². The number of carboxylic acid groups (broad SMARTS) is 2. The minimum Gasteiger partial charge on any atom is -0.480 e. The largest absolute Gasteiger partial charge is 0.480 e. The van der Waals surface area contributed by atoms with Gasteiger partial charge in [-0.1, -0.05) is 0 Å². The van der Waals surface area contributed by atoms with Crippen LogP contribution in [0.3, 0.4) is 0 Å². The van der Waals surface area contributed by atoms with E-state index in [-0.39, 0.29) is 0 Å². The fourth-order valence-electron chi connectivity index (χ4n) is 0.385. The summed E-state index contributed by atoms with van der Waals surface area (Å²) in [6, 6.07) is -1.72. The molecule has 0 aromatic rings. The Kier molecular flexibility index (Phi) is 3.71. The summed E-state index contributed by atoms with van der Waals surface area (Å²) in [5, 5.41) is 18.1. The fourth-order valence-corrected chi connectivity index (χ4v) is 0.385. The lowest BCUT2D eigenvalue weighted by molar-refractivity contribution is -0.144. The van der Waals surface area contributed by atoms with E-state index in [0.29, 0.717) is 0 Å². The lowest BCUT2D eigenvalue weighted by Crippen LogP contribution is -2.47. The summed E-state index contributed by atoms with van der Waals surface area (Å²) >= 11 is 0. The van der Waals surface area contributed by atoms with Gasteiger partial charge >= 0.3 is 11.9 Å². The Hall–Kier alpha value is -1.63. The summed E-state index contributed by atoms with van der Waals surface area (Å²) < 4.78 is 0. The van der Waals surface area contributed by atoms with Crippen molar-refractivity contribution in [2.75, 3.05) is 6.54 Å². The molecule has 0 aliphatic carbocycles. The van der Waals surface area contributed by atoms with Crippen molar-refractivity contribution in [3.05, 3.63) is 0 Å². The molecule has 0 radical (unpaired) electrons. The van der Waals surface area contributed by atoms with E-state index in [4.69, 9.17) is 15.9 Å². The molecular weight excluding hydrogens is 168 g/mol. The van der Waals surface area contributed by atoms with E-state index in [2.05, 4.69) is 0 Å². The third-order valence-corrected chi connectivity index (χ3v) is 0.962. The molecule has 0 heterocycles. The highest BCUT2D eigenvalue weighted by Crippen LogP contribution is 1.77. The zero-order valence-corrected chi connectivity index (χ0v) is 5.98. The van der Waals surface area contributed by atoms with Gasteiger partial charge in [0.25, 0.3) is 0 Å². The average molecular weight is 176 g/mol. The predicted molar refractivity (Wildman–Crippen MR) is 36.3 cm³/mol. The molecule has 0 rings (SSSR count). The third-order valence-electron chi connectivity index (χ3n) is 0.962. The van der Waals surface area contributed by atoms with E-state index in [1.165, 1.54) is 0 Å².